The number of thiazole rings is 1. The molecular weight excluding hydrogens is 230 g/mol. The number of rotatable bonds is 4. The van der Waals surface area contributed by atoms with Gasteiger partial charge in [-0.3, -0.25) is 4.90 Å². The third-order valence-corrected chi connectivity index (χ3v) is 4.56. The number of hydrogen-bond acceptors (Lipinski definition) is 4. The van der Waals surface area contributed by atoms with Crippen molar-refractivity contribution in [3.8, 4) is 0 Å². The molecule has 2 atom stereocenters. The van der Waals surface area contributed by atoms with E-state index in [1.54, 1.807) is 11.3 Å². The van der Waals surface area contributed by atoms with Gasteiger partial charge in [-0.05, 0) is 38.8 Å². The summed E-state index contributed by atoms with van der Waals surface area (Å²) in [6.45, 7) is 7.62. The van der Waals surface area contributed by atoms with Crippen LogP contribution in [0.1, 0.15) is 37.4 Å². The molecule has 0 saturated carbocycles. The molecule has 3 nitrogen and oxygen atoms in total. The van der Waals surface area contributed by atoms with Gasteiger partial charge in [0.05, 0.1) is 10.7 Å². The van der Waals surface area contributed by atoms with E-state index in [9.17, 15) is 0 Å². The number of hydrogen-bond donors (Lipinski definition) is 1. The van der Waals surface area contributed by atoms with Crippen LogP contribution in [0.3, 0.4) is 0 Å². The van der Waals surface area contributed by atoms with Crippen molar-refractivity contribution < 1.29 is 0 Å². The summed E-state index contributed by atoms with van der Waals surface area (Å²) >= 11 is 1.75. The minimum atomic E-state index is 0.693. The second kappa shape index (κ2) is 5.94. The molecule has 1 aromatic rings. The summed E-state index contributed by atoms with van der Waals surface area (Å²) < 4.78 is 0. The maximum Gasteiger partial charge on any atom is 0.0941 e. The van der Waals surface area contributed by atoms with Crippen LogP contribution >= 0.6 is 11.3 Å². The van der Waals surface area contributed by atoms with Crippen LogP contribution in [0.5, 0.6) is 0 Å². The lowest BCUT2D eigenvalue weighted by Crippen LogP contribution is -2.39. The van der Waals surface area contributed by atoms with Crippen molar-refractivity contribution in [2.75, 3.05) is 13.1 Å². The van der Waals surface area contributed by atoms with Gasteiger partial charge in [0.25, 0.3) is 0 Å². The van der Waals surface area contributed by atoms with Crippen LogP contribution < -0.4 is 5.73 Å². The molecule has 17 heavy (non-hydrogen) atoms. The van der Waals surface area contributed by atoms with Crippen molar-refractivity contribution in [2.24, 2.45) is 11.7 Å². The number of nitrogens with zero attached hydrogens (tertiary/aromatic N) is 2. The molecule has 96 valence electrons. The number of likely N-dealkylation sites (tertiary alicyclic amines) is 1. The fraction of sp³-hybridized carbons (Fsp3) is 0.769. The van der Waals surface area contributed by atoms with Gasteiger partial charge in [-0.1, -0.05) is 6.92 Å². The highest BCUT2D eigenvalue weighted by Crippen LogP contribution is 2.24. The largest absolute Gasteiger partial charge is 0.330 e. The molecule has 1 aromatic heterocycles. The van der Waals surface area contributed by atoms with Gasteiger partial charge >= 0.3 is 0 Å². The van der Waals surface area contributed by atoms with Gasteiger partial charge in [-0.15, -0.1) is 11.3 Å². The Balaban J connectivity index is 1.91. The van der Waals surface area contributed by atoms with E-state index in [4.69, 9.17) is 5.73 Å². The second-order valence-corrected chi connectivity index (χ2v) is 6.16. The molecule has 0 aromatic carbocycles. The number of nitrogens with two attached hydrogens (primary N) is 1. The predicted molar refractivity (Wildman–Crippen MR) is 73.1 cm³/mol. The Morgan fingerprint density at radius 3 is 3.06 bits per heavy atom. The van der Waals surface area contributed by atoms with E-state index in [-0.39, 0.29) is 0 Å². The fourth-order valence-corrected chi connectivity index (χ4v) is 3.36. The summed E-state index contributed by atoms with van der Waals surface area (Å²) in [5, 5.41) is 3.37. The zero-order chi connectivity index (χ0) is 12.3. The Morgan fingerprint density at radius 2 is 2.35 bits per heavy atom. The molecule has 0 aliphatic carbocycles. The first-order valence-electron chi connectivity index (χ1n) is 6.56. The van der Waals surface area contributed by atoms with Gasteiger partial charge < -0.3 is 5.73 Å². The molecule has 2 heterocycles. The molecule has 0 bridgehead atoms. The van der Waals surface area contributed by atoms with Crippen LogP contribution in [0, 0.1) is 5.92 Å². The van der Waals surface area contributed by atoms with Gasteiger partial charge in [0.2, 0.25) is 0 Å². The zero-order valence-electron chi connectivity index (χ0n) is 10.9. The molecule has 4 heteroatoms. The van der Waals surface area contributed by atoms with Gasteiger partial charge in [-0.25, -0.2) is 4.98 Å². The minimum absolute atomic E-state index is 0.693. The molecule has 2 N–H and O–H groups in total. The minimum Gasteiger partial charge on any atom is -0.330 e. The third kappa shape index (κ3) is 3.50. The lowest BCUT2D eigenvalue weighted by atomic mass is 9.93. The highest BCUT2D eigenvalue weighted by Gasteiger charge is 2.23. The van der Waals surface area contributed by atoms with E-state index in [0.29, 0.717) is 12.6 Å². The summed E-state index contributed by atoms with van der Waals surface area (Å²) in [4.78, 5) is 7.20. The van der Waals surface area contributed by atoms with Gasteiger partial charge in [0.1, 0.15) is 0 Å². The zero-order valence-corrected chi connectivity index (χ0v) is 11.7. The fourth-order valence-electron chi connectivity index (χ4n) is 2.56. The maximum atomic E-state index is 5.55. The number of aromatic nitrogens is 1. The monoisotopic (exact) mass is 253 g/mol. The quantitative estimate of drug-likeness (QED) is 0.895. The standard InChI is InChI=1S/C13H23N3S/c1-10-4-6-16(11(2)7-10)8-12-9-17-13(15-12)3-5-14/h9-11H,3-8,14H2,1-2H3. The topological polar surface area (TPSA) is 42.1 Å². The van der Waals surface area contributed by atoms with Crippen LogP contribution in [0.4, 0.5) is 0 Å². The van der Waals surface area contributed by atoms with Crippen molar-refractivity contribution in [1.82, 2.24) is 9.88 Å². The van der Waals surface area contributed by atoms with E-state index in [1.807, 2.05) is 0 Å². The molecule has 0 radical (unpaired) electrons. The molecule has 1 aliphatic rings. The molecule has 2 rings (SSSR count). The van der Waals surface area contributed by atoms with Crippen molar-refractivity contribution in [3.05, 3.63) is 16.1 Å². The SMILES string of the molecule is CC1CCN(Cc2csc(CCN)n2)C(C)C1. The molecule has 1 fully saturated rings. The van der Waals surface area contributed by atoms with Crippen LogP contribution in [0.2, 0.25) is 0 Å². The van der Waals surface area contributed by atoms with Crippen molar-refractivity contribution in [2.45, 2.75) is 45.7 Å². The lowest BCUT2D eigenvalue weighted by molar-refractivity contribution is 0.121. The molecule has 1 aliphatic heterocycles. The molecule has 1 saturated heterocycles. The second-order valence-electron chi connectivity index (χ2n) is 5.22. The summed E-state index contributed by atoms with van der Waals surface area (Å²) in [7, 11) is 0. The summed E-state index contributed by atoms with van der Waals surface area (Å²) in [5.74, 6) is 0.879. The lowest BCUT2D eigenvalue weighted by Gasteiger charge is -2.36. The Kier molecular flexibility index (Phi) is 4.54. The smallest absolute Gasteiger partial charge is 0.0941 e. The van der Waals surface area contributed by atoms with Crippen molar-refractivity contribution >= 4 is 11.3 Å². The van der Waals surface area contributed by atoms with Crippen molar-refractivity contribution in [1.29, 1.82) is 0 Å². The van der Waals surface area contributed by atoms with Crippen LogP contribution in [0.15, 0.2) is 5.38 Å². The normalized spacial score (nSPS) is 26.3. The van der Waals surface area contributed by atoms with E-state index in [2.05, 4.69) is 29.1 Å². The first-order chi connectivity index (χ1) is 8.19. The van der Waals surface area contributed by atoms with Crippen molar-refractivity contribution in [3.63, 3.8) is 0 Å². The van der Waals surface area contributed by atoms with E-state index < -0.39 is 0 Å². The average Bonchev–Trinajstić information content (AvgIpc) is 2.71. The Bertz CT molecular complexity index is 350. The predicted octanol–water partition coefficient (Wildman–Crippen LogP) is 2.26. The number of piperidine rings is 1. The highest BCUT2D eigenvalue weighted by molar-refractivity contribution is 7.09. The molecular formula is C13H23N3S. The summed E-state index contributed by atoms with van der Waals surface area (Å²) in [6.07, 6.45) is 3.56. The molecule has 0 spiro atoms. The van der Waals surface area contributed by atoms with Crippen LogP contribution in [0.25, 0.3) is 0 Å². The first-order valence-corrected chi connectivity index (χ1v) is 7.44. The third-order valence-electron chi connectivity index (χ3n) is 3.60. The Morgan fingerprint density at radius 1 is 1.53 bits per heavy atom. The molecule has 2 unspecified atom stereocenters. The van der Waals surface area contributed by atoms with E-state index in [1.165, 1.54) is 30.1 Å². The van der Waals surface area contributed by atoms with E-state index >= 15 is 0 Å². The highest BCUT2D eigenvalue weighted by atomic mass is 32.1. The Labute approximate surface area is 108 Å². The summed E-state index contributed by atoms with van der Waals surface area (Å²) in [5.41, 5.74) is 6.77. The Hall–Kier alpha value is -0.450. The van der Waals surface area contributed by atoms with Gasteiger partial charge in [-0.2, -0.15) is 0 Å². The average molecular weight is 253 g/mol. The van der Waals surface area contributed by atoms with Gasteiger partial charge in [0.15, 0.2) is 0 Å². The maximum absolute atomic E-state index is 5.55. The van der Waals surface area contributed by atoms with Crippen LogP contribution in [-0.2, 0) is 13.0 Å². The van der Waals surface area contributed by atoms with Gasteiger partial charge in [0, 0.05) is 24.4 Å². The van der Waals surface area contributed by atoms with E-state index in [0.717, 1.165) is 18.9 Å². The van der Waals surface area contributed by atoms with Crippen LogP contribution in [-0.4, -0.2) is 29.0 Å². The summed E-state index contributed by atoms with van der Waals surface area (Å²) in [6, 6.07) is 0.693. The molecule has 0 amide bonds. The first kappa shape index (κ1) is 13.0.